The Morgan fingerprint density at radius 1 is 0.750 bits per heavy atom. The average Bonchev–Trinajstić information content (AvgIpc) is 2.76. The van der Waals surface area contributed by atoms with Gasteiger partial charge >= 0.3 is 12.1 Å². The SMILES string of the molecule is O=C(NC[C@H]1CCC[C@@H](CNC(=O)Nc2cc(F)ccc2F)C1)Nc1cc(F)ccc1F. The Balaban J connectivity index is 1.41. The predicted molar refractivity (Wildman–Crippen MR) is 112 cm³/mol. The van der Waals surface area contributed by atoms with Gasteiger partial charge in [-0.25, -0.2) is 27.2 Å². The normalized spacial score (nSPS) is 18.0. The average molecular weight is 452 g/mol. The summed E-state index contributed by atoms with van der Waals surface area (Å²) in [6, 6.07) is 4.33. The first-order valence-electron chi connectivity index (χ1n) is 10.3. The van der Waals surface area contributed by atoms with Crippen molar-refractivity contribution in [1.82, 2.24) is 10.6 Å². The molecule has 0 bridgehead atoms. The molecule has 172 valence electrons. The van der Waals surface area contributed by atoms with Gasteiger partial charge in [-0.1, -0.05) is 6.42 Å². The number of nitrogens with one attached hydrogen (secondary N) is 4. The van der Waals surface area contributed by atoms with Crippen LogP contribution in [0.25, 0.3) is 0 Å². The lowest BCUT2D eigenvalue weighted by Crippen LogP contribution is -2.38. The number of benzene rings is 2. The van der Waals surface area contributed by atoms with E-state index in [0.717, 1.165) is 62.1 Å². The third-order valence-electron chi connectivity index (χ3n) is 5.35. The number of halogens is 4. The van der Waals surface area contributed by atoms with Crippen molar-refractivity contribution in [2.45, 2.75) is 25.7 Å². The molecule has 10 heteroatoms. The molecule has 3 rings (SSSR count). The van der Waals surface area contributed by atoms with E-state index in [1.807, 2.05) is 0 Å². The van der Waals surface area contributed by atoms with Crippen molar-refractivity contribution in [3.8, 4) is 0 Å². The number of urea groups is 2. The number of amides is 4. The molecule has 0 heterocycles. The van der Waals surface area contributed by atoms with E-state index < -0.39 is 35.3 Å². The first-order valence-corrected chi connectivity index (χ1v) is 10.3. The summed E-state index contributed by atoms with van der Waals surface area (Å²) in [5.74, 6) is -2.48. The largest absolute Gasteiger partial charge is 0.338 e. The van der Waals surface area contributed by atoms with Crippen molar-refractivity contribution >= 4 is 23.4 Å². The van der Waals surface area contributed by atoms with E-state index in [2.05, 4.69) is 21.3 Å². The van der Waals surface area contributed by atoms with Crippen LogP contribution in [0.2, 0.25) is 0 Å². The van der Waals surface area contributed by atoms with Crippen LogP contribution in [0.1, 0.15) is 25.7 Å². The van der Waals surface area contributed by atoms with E-state index in [4.69, 9.17) is 0 Å². The quantitative estimate of drug-likeness (QED) is 0.466. The zero-order valence-corrected chi connectivity index (χ0v) is 17.2. The van der Waals surface area contributed by atoms with E-state index in [-0.39, 0.29) is 23.2 Å². The van der Waals surface area contributed by atoms with Crippen molar-refractivity contribution in [3.05, 3.63) is 59.7 Å². The second kappa shape index (κ2) is 10.8. The molecular weight excluding hydrogens is 428 g/mol. The molecule has 6 nitrogen and oxygen atoms in total. The zero-order valence-electron chi connectivity index (χ0n) is 17.2. The summed E-state index contributed by atoms with van der Waals surface area (Å²) in [5.41, 5.74) is -0.483. The van der Waals surface area contributed by atoms with Crippen LogP contribution in [0.15, 0.2) is 36.4 Å². The topological polar surface area (TPSA) is 82.3 Å². The Morgan fingerprint density at radius 2 is 1.19 bits per heavy atom. The molecule has 0 aromatic heterocycles. The van der Waals surface area contributed by atoms with E-state index in [1.54, 1.807) is 0 Å². The summed E-state index contributed by atoms with van der Waals surface area (Å²) < 4.78 is 53.6. The van der Waals surface area contributed by atoms with Crippen molar-refractivity contribution in [3.63, 3.8) is 0 Å². The fraction of sp³-hybridized carbons (Fsp3) is 0.364. The Labute approximate surface area is 182 Å². The third kappa shape index (κ3) is 6.86. The molecule has 0 spiro atoms. The first kappa shape index (κ1) is 23.4. The van der Waals surface area contributed by atoms with Gasteiger partial charge in [0, 0.05) is 25.2 Å². The highest BCUT2D eigenvalue weighted by molar-refractivity contribution is 5.89. The molecule has 1 saturated carbocycles. The van der Waals surface area contributed by atoms with Crippen LogP contribution in [-0.2, 0) is 0 Å². The van der Waals surface area contributed by atoms with Gasteiger partial charge in [0.1, 0.15) is 23.3 Å². The Kier molecular flexibility index (Phi) is 7.91. The maximum Gasteiger partial charge on any atom is 0.319 e. The number of carbonyl (C=O) groups excluding carboxylic acids is 2. The zero-order chi connectivity index (χ0) is 23.1. The van der Waals surface area contributed by atoms with Gasteiger partial charge in [-0.3, -0.25) is 0 Å². The summed E-state index contributed by atoms with van der Waals surface area (Å²) in [6.45, 7) is 0.694. The van der Waals surface area contributed by atoms with Crippen molar-refractivity contribution in [1.29, 1.82) is 0 Å². The molecule has 4 amide bonds. The molecular formula is C22H24F4N4O2. The predicted octanol–water partition coefficient (Wildman–Crippen LogP) is 4.99. The molecule has 0 radical (unpaired) electrons. The lowest BCUT2D eigenvalue weighted by molar-refractivity contribution is 0.230. The fourth-order valence-corrected chi connectivity index (χ4v) is 3.77. The minimum atomic E-state index is -0.734. The lowest BCUT2D eigenvalue weighted by Gasteiger charge is -2.29. The summed E-state index contributed by atoms with van der Waals surface area (Å²) in [5, 5.41) is 9.89. The molecule has 0 unspecified atom stereocenters. The molecule has 4 N–H and O–H groups in total. The highest BCUT2D eigenvalue weighted by Crippen LogP contribution is 2.28. The summed E-state index contributed by atoms with van der Waals surface area (Å²) in [6.07, 6.45) is 3.40. The standard InChI is InChI=1S/C22H24F4N4O2/c23-15-4-6-17(25)19(9-15)29-21(31)27-11-13-2-1-3-14(8-13)12-28-22(32)30-20-10-16(24)5-7-18(20)26/h4-7,9-10,13-14H,1-3,8,11-12H2,(H2,27,29,31)(H2,28,30,32)/t13-,14+. The molecule has 1 fully saturated rings. The van der Waals surface area contributed by atoms with E-state index in [1.165, 1.54) is 0 Å². The number of rotatable bonds is 6. The maximum absolute atomic E-state index is 13.6. The van der Waals surface area contributed by atoms with Gasteiger partial charge in [-0.15, -0.1) is 0 Å². The molecule has 2 aromatic rings. The van der Waals surface area contributed by atoms with Gasteiger partial charge in [0.25, 0.3) is 0 Å². The first-order chi connectivity index (χ1) is 15.3. The van der Waals surface area contributed by atoms with Crippen molar-refractivity contribution in [2.24, 2.45) is 11.8 Å². The Bertz CT molecular complexity index is 897. The van der Waals surface area contributed by atoms with Crippen LogP contribution < -0.4 is 21.3 Å². The summed E-state index contributed by atoms with van der Waals surface area (Å²) in [7, 11) is 0. The smallest absolute Gasteiger partial charge is 0.319 e. The molecule has 2 aromatic carbocycles. The van der Waals surface area contributed by atoms with E-state index in [9.17, 15) is 27.2 Å². The number of anilines is 2. The maximum atomic E-state index is 13.6. The Hall–Kier alpha value is -3.30. The second-order valence-electron chi connectivity index (χ2n) is 7.82. The Morgan fingerprint density at radius 3 is 1.62 bits per heavy atom. The van der Waals surface area contributed by atoms with Gasteiger partial charge in [0.05, 0.1) is 11.4 Å². The molecule has 2 atom stereocenters. The van der Waals surface area contributed by atoms with Gasteiger partial charge in [-0.2, -0.15) is 0 Å². The molecule has 1 aliphatic carbocycles. The lowest BCUT2D eigenvalue weighted by atomic mass is 9.81. The number of hydrogen-bond donors (Lipinski definition) is 4. The van der Waals surface area contributed by atoms with Gasteiger partial charge in [-0.05, 0) is 55.4 Å². The van der Waals surface area contributed by atoms with E-state index >= 15 is 0 Å². The van der Waals surface area contributed by atoms with Crippen LogP contribution in [0.5, 0.6) is 0 Å². The summed E-state index contributed by atoms with van der Waals surface area (Å²) in [4.78, 5) is 24.0. The summed E-state index contributed by atoms with van der Waals surface area (Å²) >= 11 is 0. The van der Waals surface area contributed by atoms with Crippen LogP contribution in [0.3, 0.4) is 0 Å². The van der Waals surface area contributed by atoms with Gasteiger partial charge < -0.3 is 21.3 Å². The van der Waals surface area contributed by atoms with Crippen LogP contribution in [-0.4, -0.2) is 25.2 Å². The molecule has 0 aliphatic heterocycles. The number of carbonyl (C=O) groups is 2. The van der Waals surface area contributed by atoms with Gasteiger partial charge in [0.2, 0.25) is 0 Å². The molecule has 1 aliphatic rings. The number of hydrogen-bond acceptors (Lipinski definition) is 2. The van der Waals surface area contributed by atoms with Crippen molar-refractivity contribution < 1.29 is 27.2 Å². The van der Waals surface area contributed by atoms with Crippen molar-refractivity contribution in [2.75, 3.05) is 23.7 Å². The van der Waals surface area contributed by atoms with Crippen LogP contribution >= 0.6 is 0 Å². The second-order valence-corrected chi connectivity index (χ2v) is 7.82. The fourth-order valence-electron chi connectivity index (χ4n) is 3.77. The minimum Gasteiger partial charge on any atom is -0.338 e. The van der Waals surface area contributed by atoms with Crippen LogP contribution in [0.4, 0.5) is 38.5 Å². The third-order valence-corrected chi connectivity index (χ3v) is 5.35. The molecule has 32 heavy (non-hydrogen) atoms. The van der Waals surface area contributed by atoms with Gasteiger partial charge in [0.15, 0.2) is 0 Å². The highest BCUT2D eigenvalue weighted by Gasteiger charge is 2.23. The minimum absolute atomic E-state index is 0.155. The highest BCUT2D eigenvalue weighted by atomic mass is 19.1. The van der Waals surface area contributed by atoms with Crippen LogP contribution in [0, 0.1) is 35.1 Å². The van der Waals surface area contributed by atoms with E-state index in [0.29, 0.717) is 13.1 Å². The monoisotopic (exact) mass is 452 g/mol. The molecule has 0 saturated heterocycles.